The van der Waals surface area contributed by atoms with Crippen molar-refractivity contribution in [2.24, 2.45) is 0 Å². The van der Waals surface area contributed by atoms with Gasteiger partial charge in [0.05, 0.1) is 24.3 Å². The van der Waals surface area contributed by atoms with E-state index in [1.54, 1.807) is 0 Å². The number of ether oxygens (including phenoxy) is 1. The number of epoxide rings is 1. The lowest BCUT2D eigenvalue weighted by Crippen LogP contribution is -2.10. The third-order valence-corrected chi connectivity index (χ3v) is 2.87. The number of rotatable bonds is 4. The Kier molecular flexibility index (Phi) is 2.22. The predicted octanol–water partition coefficient (Wildman–Crippen LogP) is 1.95. The summed E-state index contributed by atoms with van der Waals surface area (Å²) < 4.78 is 7.16. The Morgan fingerprint density at radius 1 is 1.56 bits per heavy atom. The van der Waals surface area contributed by atoms with Crippen LogP contribution in [-0.4, -0.2) is 27.7 Å². The van der Waals surface area contributed by atoms with Gasteiger partial charge in [-0.1, -0.05) is 23.4 Å². The lowest BCUT2D eigenvalue weighted by Gasteiger charge is -2.11. The van der Waals surface area contributed by atoms with E-state index >= 15 is 0 Å². The summed E-state index contributed by atoms with van der Waals surface area (Å²) in [5.41, 5.74) is 1.97. The second-order valence-electron chi connectivity index (χ2n) is 4.02. The van der Waals surface area contributed by atoms with E-state index in [0.29, 0.717) is 6.10 Å². The molecule has 1 saturated heterocycles. The highest BCUT2D eigenvalue weighted by atomic mass is 16.6. The molecule has 3 rings (SSSR count). The first kappa shape index (κ1) is 9.54. The van der Waals surface area contributed by atoms with E-state index in [1.165, 1.54) is 0 Å². The van der Waals surface area contributed by atoms with Gasteiger partial charge in [0.25, 0.3) is 0 Å². The maximum atomic E-state index is 5.24. The summed E-state index contributed by atoms with van der Waals surface area (Å²) in [5.74, 6) is 0. The van der Waals surface area contributed by atoms with Gasteiger partial charge in [0.2, 0.25) is 0 Å². The number of benzene rings is 1. The molecular weight excluding hydrogens is 202 g/mol. The van der Waals surface area contributed by atoms with Gasteiger partial charge in [-0.3, -0.25) is 0 Å². The number of allylic oxidation sites excluding steroid dienone is 1. The van der Waals surface area contributed by atoms with Gasteiger partial charge in [-0.2, -0.15) is 0 Å². The second-order valence-corrected chi connectivity index (χ2v) is 4.02. The SMILES string of the molecule is C=CC(CC1CO1)n1nnc2ccccc21. The molecule has 0 radical (unpaired) electrons. The molecule has 0 amide bonds. The van der Waals surface area contributed by atoms with Crippen molar-refractivity contribution in [3.63, 3.8) is 0 Å². The molecule has 82 valence electrons. The van der Waals surface area contributed by atoms with Crippen LogP contribution in [0.5, 0.6) is 0 Å². The van der Waals surface area contributed by atoms with Crippen LogP contribution >= 0.6 is 0 Å². The monoisotopic (exact) mass is 215 g/mol. The van der Waals surface area contributed by atoms with Crippen LogP contribution in [-0.2, 0) is 4.74 Å². The standard InChI is InChI=1S/C12H13N3O/c1-2-9(7-10-8-16-10)15-12-6-4-3-5-11(12)13-14-15/h2-6,9-10H,1,7-8H2. The second kappa shape index (κ2) is 3.72. The van der Waals surface area contributed by atoms with E-state index in [4.69, 9.17) is 4.74 Å². The molecule has 2 aromatic rings. The molecule has 4 nitrogen and oxygen atoms in total. The molecule has 2 heterocycles. The van der Waals surface area contributed by atoms with Crippen molar-refractivity contribution in [3.8, 4) is 0 Å². The average molecular weight is 215 g/mol. The summed E-state index contributed by atoms with van der Waals surface area (Å²) in [5, 5.41) is 8.33. The highest BCUT2D eigenvalue weighted by Gasteiger charge is 2.27. The van der Waals surface area contributed by atoms with Crippen LogP contribution in [0.25, 0.3) is 11.0 Å². The lowest BCUT2D eigenvalue weighted by atomic mass is 10.1. The number of fused-ring (bicyclic) bond motifs is 1. The van der Waals surface area contributed by atoms with Gasteiger partial charge < -0.3 is 4.74 Å². The minimum absolute atomic E-state index is 0.167. The normalized spacial score (nSPS) is 20.9. The molecule has 0 N–H and O–H groups in total. The van der Waals surface area contributed by atoms with Crippen molar-refractivity contribution >= 4 is 11.0 Å². The van der Waals surface area contributed by atoms with Gasteiger partial charge in [-0.15, -0.1) is 11.7 Å². The summed E-state index contributed by atoms with van der Waals surface area (Å²) in [6.07, 6.45) is 3.20. The van der Waals surface area contributed by atoms with E-state index in [1.807, 2.05) is 35.0 Å². The van der Waals surface area contributed by atoms with Crippen molar-refractivity contribution in [1.82, 2.24) is 15.0 Å². The minimum atomic E-state index is 0.167. The molecule has 1 aromatic carbocycles. The average Bonchev–Trinajstić information content (AvgIpc) is 3.04. The zero-order valence-electron chi connectivity index (χ0n) is 8.91. The Hall–Kier alpha value is -1.68. The third kappa shape index (κ3) is 1.61. The van der Waals surface area contributed by atoms with Crippen molar-refractivity contribution in [3.05, 3.63) is 36.9 Å². The van der Waals surface area contributed by atoms with Gasteiger partial charge in [0.1, 0.15) is 5.52 Å². The quantitative estimate of drug-likeness (QED) is 0.578. The van der Waals surface area contributed by atoms with Crippen LogP contribution < -0.4 is 0 Å². The topological polar surface area (TPSA) is 43.2 Å². The Morgan fingerprint density at radius 3 is 3.12 bits per heavy atom. The molecule has 1 fully saturated rings. The molecule has 0 bridgehead atoms. The van der Waals surface area contributed by atoms with E-state index in [2.05, 4.69) is 16.9 Å². The van der Waals surface area contributed by atoms with Gasteiger partial charge in [0.15, 0.2) is 0 Å². The Bertz CT molecular complexity index is 516. The smallest absolute Gasteiger partial charge is 0.113 e. The summed E-state index contributed by atoms with van der Waals surface area (Å²) in [7, 11) is 0. The van der Waals surface area contributed by atoms with E-state index < -0.39 is 0 Å². The maximum Gasteiger partial charge on any atom is 0.113 e. The Balaban J connectivity index is 1.98. The fraction of sp³-hybridized carbons (Fsp3) is 0.333. The number of nitrogens with zero attached hydrogens (tertiary/aromatic N) is 3. The highest BCUT2D eigenvalue weighted by molar-refractivity contribution is 5.74. The molecule has 1 aliphatic heterocycles. The predicted molar refractivity (Wildman–Crippen MR) is 61.1 cm³/mol. The van der Waals surface area contributed by atoms with Gasteiger partial charge in [0, 0.05) is 6.42 Å². The summed E-state index contributed by atoms with van der Waals surface area (Å²) in [4.78, 5) is 0. The lowest BCUT2D eigenvalue weighted by molar-refractivity contribution is 0.363. The van der Waals surface area contributed by atoms with Crippen molar-refractivity contribution in [2.45, 2.75) is 18.6 Å². The molecular formula is C12H13N3O. The molecule has 2 atom stereocenters. The fourth-order valence-corrected chi connectivity index (χ4v) is 1.90. The number of aromatic nitrogens is 3. The zero-order valence-corrected chi connectivity index (χ0v) is 8.91. The van der Waals surface area contributed by atoms with E-state index in [0.717, 1.165) is 24.1 Å². The van der Waals surface area contributed by atoms with Crippen molar-refractivity contribution in [1.29, 1.82) is 0 Å². The first-order chi connectivity index (χ1) is 7.88. The van der Waals surface area contributed by atoms with Crippen molar-refractivity contribution in [2.75, 3.05) is 6.61 Å². The van der Waals surface area contributed by atoms with Gasteiger partial charge in [-0.25, -0.2) is 4.68 Å². The number of hydrogen-bond acceptors (Lipinski definition) is 3. The molecule has 16 heavy (non-hydrogen) atoms. The van der Waals surface area contributed by atoms with E-state index in [-0.39, 0.29) is 6.04 Å². The summed E-state index contributed by atoms with van der Waals surface area (Å²) in [6, 6.07) is 8.12. The summed E-state index contributed by atoms with van der Waals surface area (Å²) in [6.45, 7) is 4.72. The van der Waals surface area contributed by atoms with E-state index in [9.17, 15) is 0 Å². The largest absolute Gasteiger partial charge is 0.373 e. The van der Waals surface area contributed by atoms with Crippen LogP contribution in [0, 0.1) is 0 Å². The van der Waals surface area contributed by atoms with Crippen LogP contribution in [0.2, 0.25) is 0 Å². The van der Waals surface area contributed by atoms with Crippen molar-refractivity contribution < 1.29 is 4.74 Å². The molecule has 0 spiro atoms. The fourth-order valence-electron chi connectivity index (χ4n) is 1.90. The first-order valence-electron chi connectivity index (χ1n) is 5.42. The van der Waals surface area contributed by atoms with Gasteiger partial charge in [-0.05, 0) is 12.1 Å². The van der Waals surface area contributed by atoms with Crippen LogP contribution in [0.15, 0.2) is 36.9 Å². The highest BCUT2D eigenvalue weighted by Crippen LogP contribution is 2.25. The zero-order chi connectivity index (χ0) is 11.0. The number of para-hydroxylation sites is 1. The maximum absolute atomic E-state index is 5.24. The molecule has 2 unspecified atom stereocenters. The Labute approximate surface area is 93.5 Å². The molecule has 0 saturated carbocycles. The summed E-state index contributed by atoms with van der Waals surface area (Å²) >= 11 is 0. The third-order valence-electron chi connectivity index (χ3n) is 2.87. The van der Waals surface area contributed by atoms with Crippen LogP contribution in [0.3, 0.4) is 0 Å². The first-order valence-corrected chi connectivity index (χ1v) is 5.42. The Morgan fingerprint density at radius 2 is 2.38 bits per heavy atom. The molecule has 4 heteroatoms. The molecule has 0 aliphatic carbocycles. The number of hydrogen-bond donors (Lipinski definition) is 0. The molecule has 1 aromatic heterocycles. The van der Waals surface area contributed by atoms with Crippen LogP contribution in [0.4, 0.5) is 0 Å². The molecule has 1 aliphatic rings. The van der Waals surface area contributed by atoms with Gasteiger partial charge >= 0.3 is 0 Å². The minimum Gasteiger partial charge on any atom is -0.373 e. The van der Waals surface area contributed by atoms with Crippen LogP contribution in [0.1, 0.15) is 12.5 Å².